The van der Waals surface area contributed by atoms with E-state index in [-0.39, 0.29) is 11.7 Å². The van der Waals surface area contributed by atoms with E-state index in [1.165, 1.54) is 11.8 Å². The third-order valence-electron chi connectivity index (χ3n) is 4.61. The monoisotopic (exact) mass is 478 g/mol. The van der Waals surface area contributed by atoms with E-state index >= 15 is 0 Å². The molecular formula is C22H24Cl2N4O2S. The van der Waals surface area contributed by atoms with Gasteiger partial charge < -0.3 is 14.6 Å². The number of nitrogens with zero attached hydrogens (tertiary/aromatic N) is 3. The highest BCUT2D eigenvalue weighted by Crippen LogP contribution is 2.28. The number of amides is 1. The summed E-state index contributed by atoms with van der Waals surface area (Å²) in [7, 11) is 1.86. The molecule has 1 heterocycles. The average molecular weight is 479 g/mol. The van der Waals surface area contributed by atoms with Crippen LogP contribution in [-0.2, 0) is 18.4 Å². The number of hydrogen-bond acceptors (Lipinski definition) is 5. The van der Waals surface area contributed by atoms with Crippen LogP contribution in [0.4, 0.5) is 5.69 Å². The minimum absolute atomic E-state index is 0.175. The number of nitrogens with one attached hydrogen (secondary N) is 1. The van der Waals surface area contributed by atoms with Crippen LogP contribution in [0, 0.1) is 6.92 Å². The molecule has 0 saturated heterocycles. The molecule has 164 valence electrons. The van der Waals surface area contributed by atoms with Crippen LogP contribution in [0.15, 0.2) is 41.6 Å². The van der Waals surface area contributed by atoms with E-state index in [1.807, 2.05) is 24.6 Å². The Balaban J connectivity index is 1.58. The van der Waals surface area contributed by atoms with Gasteiger partial charge >= 0.3 is 0 Å². The fraction of sp³-hybridized carbons (Fsp3) is 0.318. The first kappa shape index (κ1) is 23.4. The van der Waals surface area contributed by atoms with Crippen LogP contribution in [0.5, 0.6) is 5.75 Å². The molecule has 0 radical (unpaired) electrons. The second-order valence-corrected chi connectivity index (χ2v) is 9.17. The second-order valence-electron chi connectivity index (χ2n) is 7.41. The van der Waals surface area contributed by atoms with Crippen molar-refractivity contribution in [1.82, 2.24) is 14.8 Å². The standard InChI is InChI=1S/C22H24Cl2N4O2S/c1-13(2)16-7-5-14(3)9-19(16)30-11-20-26-27-22(28(20)4)31-12-21(29)25-15-6-8-17(23)18(24)10-15/h5-10,13H,11-12H2,1-4H3,(H,25,29). The number of hydrogen-bond donors (Lipinski definition) is 1. The lowest BCUT2D eigenvalue weighted by molar-refractivity contribution is -0.113. The van der Waals surface area contributed by atoms with Gasteiger partial charge in [0.2, 0.25) is 5.91 Å². The zero-order chi connectivity index (χ0) is 22.5. The molecule has 2 aromatic carbocycles. The van der Waals surface area contributed by atoms with Gasteiger partial charge in [-0.15, -0.1) is 10.2 Å². The van der Waals surface area contributed by atoms with Crippen molar-refractivity contribution in [2.75, 3.05) is 11.1 Å². The van der Waals surface area contributed by atoms with Crippen LogP contribution in [0.25, 0.3) is 0 Å². The van der Waals surface area contributed by atoms with Crippen molar-refractivity contribution < 1.29 is 9.53 Å². The lowest BCUT2D eigenvalue weighted by Crippen LogP contribution is -2.14. The minimum Gasteiger partial charge on any atom is -0.485 e. The Labute approximate surface area is 196 Å². The van der Waals surface area contributed by atoms with Gasteiger partial charge in [-0.25, -0.2) is 0 Å². The van der Waals surface area contributed by atoms with Gasteiger partial charge in [0.05, 0.1) is 15.8 Å². The number of aryl methyl sites for hydroxylation is 1. The molecule has 0 aliphatic rings. The van der Waals surface area contributed by atoms with Gasteiger partial charge in [-0.1, -0.05) is 60.9 Å². The minimum atomic E-state index is -0.175. The van der Waals surface area contributed by atoms with Crippen LogP contribution >= 0.6 is 35.0 Å². The number of carbonyl (C=O) groups is 1. The molecule has 0 atom stereocenters. The van der Waals surface area contributed by atoms with E-state index in [0.29, 0.717) is 39.2 Å². The van der Waals surface area contributed by atoms with Crippen molar-refractivity contribution in [3.63, 3.8) is 0 Å². The summed E-state index contributed by atoms with van der Waals surface area (Å²) in [5, 5.41) is 12.7. The number of carbonyl (C=O) groups excluding carboxylic acids is 1. The summed E-state index contributed by atoms with van der Waals surface area (Å²) < 4.78 is 7.89. The third kappa shape index (κ3) is 6.15. The molecule has 0 spiro atoms. The molecule has 0 aliphatic heterocycles. The molecule has 6 nitrogen and oxygen atoms in total. The molecule has 1 aromatic heterocycles. The highest BCUT2D eigenvalue weighted by Gasteiger charge is 2.14. The van der Waals surface area contributed by atoms with Crippen molar-refractivity contribution in [3.8, 4) is 5.75 Å². The van der Waals surface area contributed by atoms with Crippen LogP contribution in [-0.4, -0.2) is 26.4 Å². The molecule has 1 N–H and O–H groups in total. The van der Waals surface area contributed by atoms with Gasteiger partial charge in [0, 0.05) is 12.7 Å². The molecule has 0 fully saturated rings. The number of aromatic nitrogens is 3. The SMILES string of the molecule is Cc1ccc(C(C)C)c(OCc2nnc(SCC(=O)Nc3ccc(Cl)c(Cl)c3)n2C)c1. The molecule has 0 aliphatic carbocycles. The maximum atomic E-state index is 12.3. The van der Waals surface area contributed by atoms with Gasteiger partial charge in [0.1, 0.15) is 12.4 Å². The Hall–Kier alpha value is -2.22. The maximum absolute atomic E-state index is 12.3. The molecule has 0 saturated carbocycles. The lowest BCUT2D eigenvalue weighted by Gasteiger charge is -2.14. The van der Waals surface area contributed by atoms with E-state index < -0.39 is 0 Å². The largest absolute Gasteiger partial charge is 0.485 e. The van der Waals surface area contributed by atoms with E-state index in [0.717, 1.165) is 16.9 Å². The Kier molecular flexibility index (Phi) is 7.86. The molecule has 31 heavy (non-hydrogen) atoms. The van der Waals surface area contributed by atoms with E-state index in [2.05, 4.69) is 41.5 Å². The summed E-state index contributed by atoms with van der Waals surface area (Å²) in [6, 6.07) is 11.2. The second kappa shape index (κ2) is 10.4. The molecule has 3 rings (SSSR count). The Morgan fingerprint density at radius 3 is 2.65 bits per heavy atom. The van der Waals surface area contributed by atoms with Crippen LogP contribution in [0.1, 0.15) is 36.7 Å². The Bertz CT molecular complexity index is 1090. The summed E-state index contributed by atoms with van der Waals surface area (Å²) in [6.45, 7) is 6.61. The van der Waals surface area contributed by atoms with Crippen molar-refractivity contribution in [3.05, 3.63) is 63.4 Å². The van der Waals surface area contributed by atoms with Gasteiger partial charge in [0.15, 0.2) is 11.0 Å². The van der Waals surface area contributed by atoms with Crippen molar-refractivity contribution in [2.45, 2.75) is 38.5 Å². The van der Waals surface area contributed by atoms with Gasteiger partial charge in [-0.3, -0.25) is 4.79 Å². The number of benzene rings is 2. The molecule has 9 heteroatoms. The molecule has 3 aromatic rings. The number of thioether (sulfide) groups is 1. The first-order chi connectivity index (χ1) is 14.7. The fourth-order valence-corrected chi connectivity index (χ4v) is 3.91. The summed E-state index contributed by atoms with van der Waals surface area (Å²) in [4.78, 5) is 12.3. The predicted molar refractivity (Wildman–Crippen MR) is 126 cm³/mol. The summed E-state index contributed by atoms with van der Waals surface area (Å²) in [5.41, 5.74) is 2.88. The zero-order valence-electron chi connectivity index (χ0n) is 17.8. The molecular weight excluding hydrogens is 455 g/mol. The maximum Gasteiger partial charge on any atom is 0.234 e. The first-order valence-electron chi connectivity index (χ1n) is 9.74. The highest BCUT2D eigenvalue weighted by molar-refractivity contribution is 7.99. The Morgan fingerprint density at radius 2 is 1.94 bits per heavy atom. The van der Waals surface area contributed by atoms with Gasteiger partial charge in [-0.05, 0) is 48.2 Å². The van der Waals surface area contributed by atoms with Crippen molar-refractivity contribution >= 4 is 46.6 Å². The number of anilines is 1. The summed E-state index contributed by atoms with van der Waals surface area (Å²) in [5.74, 6) is 1.90. The van der Waals surface area contributed by atoms with Crippen LogP contribution in [0.3, 0.4) is 0 Å². The van der Waals surface area contributed by atoms with Gasteiger partial charge in [-0.2, -0.15) is 0 Å². The topological polar surface area (TPSA) is 69.0 Å². The summed E-state index contributed by atoms with van der Waals surface area (Å²) in [6.07, 6.45) is 0. The molecule has 1 amide bonds. The smallest absolute Gasteiger partial charge is 0.234 e. The zero-order valence-corrected chi connectivity index (χ0v) is 20.1. The lowest BCUT2D eigenvalue weighted by atomic mass is 10.0. The third-order valence-corrected chi connectivity index (χ3v) is 6.37. The highest BCUT2D eigenvalue weighted by atomic mass is 35.5. The van der Waals surface area contributed by atoms with E-state index in [1.54, 1.807) is 18.2 Å². The number of rotatable bonds is 8. The first-order valence-corrected chi connectivity index (χ1v) is 11.5. The molecule has 0 bridgehead atoms. The predicted octanol–water partition coefficient (Wildman–Crippen LogP) is 5.86. The normalized spacial score (nSPS) is 11.1. The molecule has 0 unspecified atom stereocenters. The number of ether oxygens (including phenoxy) is 1. The van der Waals surface area contributed by atoms with Crippen LogP contribution < -0.4 is 10.1 Å². The van der Waals surface area contributed by atoms with Crippen LogP contribution in [0.2, 0.25) is 10.0 Å². The van der Waals surface area contributed by atoms with Gasteiger partial charge in [0.25, 0.3) is 0 Å². The average Bonchev–Trinajstić information content (AvgIpc) is 3.07. The van der Waals surface area contributed by atoms with Crippen molar-refractivity contribution in [1.29, 1.82) is 0 Å². The number of halogens is 2. The Morgan fingerprint density at radius 1 is 1.16 bits per heavy atom. The van der Waals surface area contributed by atoms with E-state index in [9.17, 15) is 4.79 Å². The van der Waals surface area contributed by atoms with E-state index in [4.69, 9.17) is 27.9 Å². The van der Waals surface area contributed by atoms with Crippen molar-refractivity contribution in [2.24, 2.45) is 7.05 Å². The summed E-state index contributed by atoms with van der Waals surface area (Å²) >= 11 is 13.2. The fourth-order valence-electron chi connectivity index (χ4n) is 2.88. The quantitative estimate of drug-likeness (QED) is 0.410.